The predicted molar refractivity (Wildman–Crippen MR) is 90.4 cm³/mol. The molecule has 1 unspecified atom stereocenters. The molecule has 5 nitrogen and oxygen atoms in total. The van der Waals surface area contributed by atoms with Crippen molar-refractivity contribution in [3.05, 3.63) is 35.0 Å². The van der Waals surface area contributed by atoms with Crippen molar-refractivity contribution in [3.63, 3.8) is 0 Å². The molecular weight excluding hydrogens is 314 g/mol. The summed E-state index contributed by atoms with van der Waals surface area (Å²) in [5, 5.41) is 4.23. The zero-order chi connectivity index (χ0) is 16.6. The van der Waals surface area contributed by atoms with Crippen LogP contribution < -0.4 is 5.32 Å². The largest absolute Gasteiger partial charge is 0.361 e. The molecule has 1 saturated heterocycles. The maximum absolute atomic E-state index is 12.6. The average molecular weight is 334 g/mol. The molecule has 6 heteroatoms. The molecule has 1 aliphatic heterocycles. The summed E-state index contributed by atoms with van der Waals surface area (Å²) in [5.74, 6) is 0.0152. The number of nitrogens with zero attached hydrogens (tertiary/aromatic N) is 1. The quantitative estimate of drug-likeness (QED) is 0.905. The van der Waals surface area contributed by atoms with Gasteiger partial charge in [0.1, 0.15) is 0 Å². The van der Waals surface area contributed by atoms with Crippen molar-refractivity contribution in [1.29, 1.82) is 0 Å². The summed E-state index contributed by atoms with van der Waals surface area (Å²) >= 11 is 6.25. The Morgan fingerprint density at radius 3 is 2.96 bits per heavy atom. The molecule has 0 spiro atoms. The van der Waals surface area contributed by atoms with Gasteiger partial charge in [-0.1, -0.05) is 17.7 Å². The topological polar surface area (TPSA) is 65.2 Å². The summed E-state index contributed by atoms with van der Waals surface area (Å²) < 4.78 is 0. The number of aromatic amines is 1. The Morgan fingerprint density at radius 1 is 1.43 bits per heavy atom. The fourth-order valence-electron chi connectivity index (χ4n) is 3.28. The van der Waals surface area contributed by atoms with Crippen LogP contribution in [0.4, 0.5) is 0 Å². The third kappa shape index (κ3) is 2.81. The number of carbonyl (C=O) groups is 2. The highest BCUT2D eigenvalue weighted by molar-refractivity contribution is 6.35. The molecule has 1 aromatic carbocycles. The second-order valence-corrected chi connectivity index (χ2v) is 6.77. The first-order valence-corrected chi connectivity index (χ1v) is 8.07. The molecule has 2 heterocycles. The molecule has 1 fully saturated rings. The molecule has 0 saturated carbocycles. The Labute approximate surface area is 140 Å². The molecule has 1 aliphatic rings. The Morgan fingerprint density at radius 2 is 2.22 bits per heavy atom. The first-order valence-electron chi connectivity index (χ1n) is 7.69. The maximum atomic E-state index is 12.6. The lowest BCUT2D eigenvalue weighted by molar-refractivity contribution is -0.132. The lowest BCUT2D eigenvalue weighted by Crippen LogP contribution is -2.40. The number of likely N-dealkylation sites (tertiary alicyclic amines) is 1. The number of amides is 2. The van der Waals surface area contributed by atoms with Crippen LogP contribution in [-0.2, 0) is 16.0 Å². The second-order valence-electron chi connectivity index (χ2n) is 6.36. The summed E-state index contributed by atoms with van der Waals surface area (Å²) in [4.78, 5) is 29.5. The van der Waals surface area contributed by atoms with Gasteiger partial charge in [0.05, 0.1) is 16.9 Å². The minimum atomic E-state index is -0.498. The van der Waals surface area contributed by atoms with E-state index in [0.717, 1.165) is 16.5 Å². The molecular formula is C17H20ClN3O2. The number of H-pyrrole nitrogens is 1. The molecule has 0 aliphatic carbocycles. The minimum Gasteiger partial charge on any atom is -0.361 e. The van der Waals surface area contributed by atoms with E-state index < -0.39 is 5.41 Å². The first-order chi connectivity index (χ1) is 10.9. The van der Waals surface area contributed by atoms with Gasteiger partial charge < -0.3 is 15.2 Å². The molecule has 0 radical (unpaired) electrons. The third-order valence-corrected chi connectivity index (χ3v) is 4.99. The van der Waals surface area contributed by atoms with Crippen LogP contribution in [0, 0.1) is 5.41 Å². The van der Waals surface area contributed by atoms with Gasteiger partial charge in [-0.25, -0.2) is 0 Å². The first kappa shape index (κ1) is 15.9. The van der Waals surface area contributed by atoms with Crippen molar-refractivity contribution in [3.8, 4) is 0 Å². The molecule has 2 N–H and O–H groups in total. The molecule has 2 aromatic rings. The van der Waals surface area contributed by atoms with Crippen molar-refractivity contribution in [2.45, 2.75) is 19.8 Å². The van der Waals surface area contributed by atoms with Crippen LogP contribution in [0.3, 0.4) is 0 Å². The Hall–Kier alpha value is -2.01. The number of hydrogen-bond acceptors (Lipinski definition) is 2. The molecule has 2 amide bonds. The SMILES string of the molecule is CNC(=O)C1(C)CCN(C(=O)Cc2c[nH]c3cccc(Cl)c23)C1. The number of carbonyl (C=O) groups excluding carboxylic acids is 2. The lowest BCUT2D eigenvalue weighted by Gasteiger charge is -2.22. The number of rotatable bonds is 3. The van der Waals surface area contributed by atoms with Crippen molar-refractivity contribution < 1.29 is 9.59 Å². The fraction of sp³-hybridized carbons (Fsp3) is 0.412. The van der Waals surface area contributed by atoms with Crippen molar-refractivity contribution in [2.24, 2.45) is 5.41 Å². The number of fused-ring (bicyclic) bond motifs is 1. The fourth-order valence-corrected chi connectivity index (χ4v) is 3.58. The molecule has 122 valence electrons. The summed E-state index contributed by atoms with van der Waals surface area (Å²) in [7, 11) is 1.63. The number of hydrogen-bond donors (Lipinski definition) is 2. The van der Waals surface area contributed by atoms with Crippen molar-refractivity contribution >= 4 is 34.3 Å². The van der Waals surface area contributed by atoms with Gasteiger partial charge in [-0.2, -0.15) is 0 Å². The third-order valence-electron chi connectivity index (χ3n) is 4.68. The highest BCUT2D eigenvalue weighted by Gasteiger charge is 2.41. The summed E-state index contributed by atoms with van der Waals surface area (Å²) in [5.41, 5.74) is 1.32. The van der Waals surface area contributed by atoms with Crippen LogP contribution in [-0.4, -0.2) is 41.8 Å². The van der Waals surface area contributed by atoms with E-state index in [-0.39, 0.29) is 18.2 Å². The highest BCUT2D eigenvalue weighted by atomic mass is 35.5. The standard InChI is InChI=1S/C17H20ClN3O2/c1-17(16(23)19-2)6-7-21(10-17)14(22)8-11-9-20-13-5-3-4-12(18)15(11)13/h3-5,9,20H,6-8,10H2,1-2H3,(H,19,23). The van der Waals surface area contributed by atoms with Crippen LogP contribution in [0.5, 0.6) is 0 Å². The van der Waals surface area contributed by atoms with Gasteiger partial charge in [0.25, 0.3) is 0 Å². The zero-order valence-electron chi connectivity index (χ0n) is 13.3. The number of aromatic nitrogens is 1. The molecule has 0 bridgehead atoms. The van der Waals surface area contributed by atoms with E-state index in [4.69, 9.17) is 11.6 Å². The van der Waals surface area contributed by atoms with E-state index in [0.29, 0.717) is 24.5 Å². The van der Waals surface area contributed by atoms with E-state index in [1.54, 1.807) is 11.9 Å². The summed E-state index contributed by atoms with van der Waals surface area (Å²) in [6, 6.07) is 5.64. The van der Waals surface area contributed by atoms with Gasteiger partial charge in [0, 0.05) is 37.2 Å². The monoisotopic (exact) mass is 333 g/mol. The van der Waals surface area contributed by atoms with Crippen LogP contribution in [0.2, 0.25) is 5.02 Å². The van der Waals surface area contributed by atoms with Crippen molar-refractivity contribution in [1.82, 2.24) is 15.2 Å². The van der Waals surface area contributed by atoms with E-state index in [1.807, 2.05) is 31.3 Å². The normalized spacial score (nSPS) is 20.9. The highest BCUT2D eigenvalue weighted by Crippen LogP contribution is 2.31. The summed E-state index contributed by atoms with van der Waals surface area (Å²) in [6.45, 7) is 2.97. The molecule has 1 aromatic heterocycles. The predicted octanol–water partition coefficient (Wildman–Crippen LogP) is 2.35. The Balaban J connectivity index is 1.76. The van der Waals surface area contributed by atoms with Crippen LogP contribution >= 0.6 is 11.6 Å². The van der Waals surface area contributed by atoms with Gasteiger partial charge in [0.2, 0.25) is 11.8 Å². The Kier molecular flexibility index (Phi) is 4.06. The molecule has 3 rings (SSSR count). The number of nitrogens with one attached hydrogen (secondary N) is 2. The zero-order valence-corrected chi connectivity index (χ0v) is 14.0. The molecule has 1 atom stereocenters. The number of benzene rings is 1. The van der Waals surface area contributed by atoms with Gasteiger partial charge in [-0.05, 0) is 31.0 Å². The van der Waals surface area contributed by atoms with Crippen LogP contribution in [0.1, 0.15) is 18.9 Å². The van der Waals surface area contributed by atoms with Gasteiger partial charge in [-0.15, -0.1) is 0 Å². The van der Waals surface area contributed by atoms with Crippen LogP contribution in [0.15, 0.2) is 24.4 Å². The lowest BCUT2D eigenvalue weighted by atomic mass is 9.89. The van der Waals surface area contributed by atoms with E-state index in [1.165, 1.54) is 0 Å². The van der Waals surface area contributed by atoms with Gasteiger partial charge in [-0.3, -0.25) is 9.59 Å². The van der Waals surface area contributed by atoms with E-state index >= 15 is 0 Å². The Bertz CT molecular complexity index is 770. The maximum Gasteiger partial charge on any atom is 0.227 e. The average Bonchev–Trinajstić information content (AvgIpc) is 3.12. The smallest absolute Gasteiger partial charge is 0.227 e. The van der Waals surface area contributed by atoms with Crippen LogP contribution in [0.25, 0.3) is 10.9 Å². The van der Waals surface area contributed by atoms with Crippen molar-refractivity contribution in [2.75, 3.05) is 20.1 Å². The summed E-state index contributed by atoms with van der Waals surface area (Å²) in [6.07, 6.45) is 2.81. The second kappa shape index (κ2) is 5.89. The van der Waals surface area contributed by atoms with E-state index in [2.05, 4.69) is 10.3 Å². The van der Waals surface area contributed by atoms with Gasteiger partial charge in [0.15, 0.2) is 0 Å². The molecule has 23 heavy (non-hydrogen) atoms. The number of halogens is 1. The van der Waals surface area contributed by atoms with E-state index in [9.17, 15) is 9.59 Å². The van der Waals surface area contributed by atoms with Gasteiger partial charge >= 0.3 is 0 Å². The minimum absolute atomic E-state index is 0.0112.